The molecule has 0 N–H and O–H groups in total. The molecule has 1 aliphatic heterocycles. The van der Waals surface area contributed by atoms with E-state index in [0.717, 1.165) is 6.42 Å². The molecule has 0 spiro atoms. The molecule has 1 fully saturated rings. The number of carbonyl (C=O) groups excluding carboxylic acids is 2. The Kier molecular flexibility index (Phi) is 5.08. The van der Waals surface area contributed by atoms with Gasteiger partial charge in [-0.3, -0.25) is 4.79 Å². The molecule has 1 rings (SSSR count). The molecular weight excluding hydrogens is 250 g/mol. The number of amides is 1. The number of likely N-dealkylation sites (tertiary alicyclic amines) is 1. The normalized spacial score (nSPS) is 22.2. The van der Waals surface area contributed by atoms with Crippen LogP contribution in [0.3, 0.4) is 0 Å². The molecule has 0 aromatic heterocycles. The molecule has 104 valence electrons. The summed E-state index contributed by atoms with van der Waals surface area (Å²) in [6.07, 6.45) is 1.89. The number of hydrogen-bond acceptors (Lipinski definition) is 4. The minimum atomic E-state index is -0.522. The monoisotopic (exact) mass is 273 g/mol. The van der Waals surface area contributed by atoms with Crippen LogP contribution in [0.15, 0.2) is 0 Å². The van der Waals surface area contributed by atoms with E-state index in [1.165, 1.54) is 0 Å². The topological polar surface area (TPSA) is 46.6 Å². The van der Waals surface area contributed by atoms with Crippen LogP contribution in [-0.2, 0) is 14.3 Å². The van der Waals surface area contributed by atoms with Crippen molar-refractivity contribution in [1.82, 2.24) is 4.90 Å². The van der Waals surface area contributed by atoms with Crippen LogP contribution in [0, 0.1) is 0 Å². The molecule has 0 saturated carbocycles. The average Bonchev–Trinajstić information content (AvgIpc) is 2.51. The molecule has 2 unspecified atom stereocenters. The molecule has 0 bridgehead atoms. The van der Waals surface area contributed by atoms with Gasteiger partial charge in [-0.25, -0.2) is 4.79 Å². The molecule has 4 nitrogen and oxygen atoms in total. The molecule has 0 radical (unpaired) electrons. The smallest absolute Gasteiger partial charge is 0.329 e. The summed E-state index contributed by atoms with van der Waals surface area (Å²) in [5, 5.41) is 0.0271. The van der Waals surface area contributed by atoms with E-state index in [-0.39, 0.29) is 17.1 Å². The molecule has 0 aliphatic carbocycles. The first-order chi connectivity index (χ1) is 8.24. The maximum atomic E-state index is 12.1. The van der Waals surface area contributed by atoms with Gasteiger partial charge in [0, 0.05) is 18.2 Å². The third-order valence-electron chi connectivity index (χ3n) is 2.76. The summed E-state index contributed by atoms with van der Waals surface area (Å²) in [7, 11) is 0. The molecule has 1 amide bonds. The number of ether oxygens (including phenoxy) is 1. The summed E-state index contributed by atoms with van der Waals surface area (Å²) in [6, 6.07) is -0.459. The molecule has 1 saturated heterocycles. The highest BCUT2D eigenvalue weighted by Gasteiger charge is 2.37. The molecule has 2 atom stereocenters. The Balaban J connectivity index is 2.76. The van der Waals surface area contributed by atoms with Crippen molar-refractivity contribution in [2.24, 2.45) is 0 Å². The third kappa shape index (κ3) is 4.19. The summed E-state index contributed by atoms with van der Waals surface area (Å²) in [6.45, 7) is 8.03. The van der Waals surface area contributed by atoms with Crippen LogP contribution < -0.4 is 0 Å². The van der Waals surface area contributed by atoms with Gasteiger partial charge in [0.15, 0.2) is 0 Å². The average molecular weight is 273 g/mol. The summed E-state index contributed by atoms with van der Waals surface area (Å²) in [5.74, 6) is -0.306. The molecule has 0 aromatic rings. The van der Waals surface area contributed by atoms with Crippen LogP contribution in [0.1, 0.15) is 47.0 Å². The van der Waals surface area contributed by atoms with Gasteiger partial charge >= 0.3 is 5.97 Å². The van der Waals surface area contributed by atoms with E-state index in [1.807, 2.05) is 27.7 Å². The van der Waals surface area contributed by atoms with E-state index < -0.39 is 11.6 Å². The fraction of sp³-hybridized carbons (Fsp3) is 0.846. The molecule has 1 heterocycles. The van der Waals surface area contributed by atoms with Crippen LogP contribution in [0.4, 0.5) is 0 Å². The van der Waals surface area contributed by atoms with Gasteiger partial charge in [0.2, 0.25) is 5.91 Å². The van der Waals surface area contributed by atoms with Crippen LogP contribution in [0.2, 0.25) is 0 Å². The second kappa shape index (κ2) is 5.95. The van der Waals surface area contributed by atoms with Crippen molar-refractivity contribution in [1.29, 1.82) is 0 Å². The van der Waals surface area contributed by atoms with Crippen LogP contribution in [-0.4, -0.2) is 40.2 Å². The first kappa shape index (κ1) is 15.3. The highest BCUT2D eigenvalue weighted by atomic mass is 32.1. The van der Waals surface area contributed by atoms with Gasteiger partial charge in [-0.15, -0.1) is 0 Å². The standard InChI is InChI=1S/C13H23NO3S/c1-5-6-10(12(16)17-13(2,3)4)14-8-9(18)7-11(14)15/h9-10,18H,5-8H2,1-4H3. The second-order valence-electron chi connectivity index (χ2n) is 5.74. The van der Waals surface area contributed by atoms with Gasteiger partial charge in [0.25, 0.3) is 0 Å². The lowest BCUT2D eigenvalue weighted by atomic mass is 10.1. The van der Waals surface area contributed by atoms with Crippen molar-refractivity contribution in [2.45, 2.75) is 63.9 Å². The molecular formula is C13H23NO3S. The van der Waals surface area contributed by atoms with E-state index >= 15 is 0 Å². The third-order valence-corrected chi connectivity index (χ3v) is 3.10. The fourth-order valence-corrected chi connectivity index (χ4v) is 2.39. The quantitative estimate of drug-likeness (QED) is 0.630. The Bertz CT molecular complexity index is 325. The number of thiol groups is 1. The summed E-state index contributed by atoms with van der Waals surface area (Å²) in [4.78, 5) is 25.6. The first-order valence-corrected chi connectivity index (χ1v) is 6.96. The van der Waals surface area contributed by atoms with Crippen molar-refractivity contribution in [3.8, 4) is 0 Å². The summed E-state index contributed by atoms with van der Waals surface area (Å²) >= 11 is 4.31. The van der Waals surface area contributed by atoms with Crippen molar-refractivity contribution >= 4 is 24.5 Å². The minimum absolute atomic E-state index is 0.000640. The Morgan fingerprint density at radius 2 is 2.17 bits per heavy atom. The number of rotatable bonds is 4. The van der Waals surface area contributed by atoms with Gasteiger partial charge in [-0.2, -0.15) is 12.6 Å². The lowest BCUT2D eigenvalue weighted by molar-refractivity contribution is -0.164. The highest BCUT2D eigenvalue weighted by molar-refractivity contribution is 7.81. The highest BCUT2D eigenvalue weighted by Crippen LogP contribution is 2.23. The number of nitrogens with zero attached hydrogens (tertiary/aromatic N) is 1. The molecule has 0 aromatic carbocycles. The molecule has 18 heavy (non-hydrogen) atoms. The SMILES string of the molecule is CCCC(C(=O)OC(C)(C)C)N1CC(S)CC1=O. The lowest BCUT2D eigenvalue weighted by Gasteiger charge is -2.29. The maximum Gasteiger partial charge on any atom is 0.329 e. The van der Waals surface area contributed by atoms with Crippen LogP contribution >= 0.6 is 12.6 Å². The Morgan fingerprint density at radius 1 is 1.56 bits per heavy atom. The predicted molar refractivity (Wildman–Crippen MR) is 73.6 cm³/mol. The number of hydrogen-bond donors (Lipinski definition) is 1. The van der Waals surface area contributed by atoms with E-state index in [4.69, 9.17) is 4.74 Å². The van der Waals surface area contributed by atoms with Gasteiger partial charge in [0.1, 0.15) is 11.6 Å². The molecule has 5 heteroatoms. The van der Waals surface area contributed by atoms with E-state index in [0.29, 0.717) is 19.4 Å². The van der Waals surface area contributed by atoms with Gasteiger partial charge in [-0.05, 0) is 27.2 Å². The second-order valence-corrected chi connectivity index (χ2v) is 6.47. The Morgan fingerprint density at radius 3 is 2.56 bits per heavy atom. The van der Waals surface area contributed by atoms with Crippen molar-refractivity contribution in [3.63, 3.8) is 0 Å². The largest absolute Gasteiger partial charge is 0.458 e. The number of esters is 1. The number of carbonyl (C=O) groups is 2. The van der Waals surface area contributed by atoms with Crippen LogP contribution in [0.5, 0.6) is 0 Å². The van der Waals surface area contributed by atoms with E-state index in [9.17, 15) is 9.59 Å². The van der Waals surface area contributed by atoms with Gasteiger partial charge in [0.05, 0.1) is 0 Å². The van der Waals surface area contributed by atoms with Gasteiger partial charge < -0.3 is 9.64 Å². The zero-order chi connectivity index (χ0) is 13.9. The Labute approximate surface area is 114 Å². The van der Waals surface area contributed by atoms with Crippen molar-refractivity contribution in [3.05, 3.63) is 0 Å². The van der Waals surface area contributed by atoms with E-state index in [2.05, 4.69) is 12.6 Å². The minimum Gasteiger partial charge on any atom is -0.458 e. The van der Waals surface area contributed by atoms with Crippen molar-refractivity contribution in [2.75, 3.05) is 6.54 Å². The maximum absolute atomic E-state index is 12.1. The van der Waals surface area contributed by atoms with Crippen LogP contribution in [0.25, 0.3) is 0 Å². The molecule has 1 aliphatic rings. The van der Waals surface area contributed by atoms with E-state index in [1.54, 1.807) is 4.90 Å². The zero-order valence-corrected chi connectivity index (χ0v) is 12.5. The van der Waals surface area contributed by atoms with Gasteiger partial charge in [-0.1, -0.05) is 13.3 Å². The van der Waals surface area contributed by atoms with Crippen molar-refractivity contribution < 1.29 is 14.3 Å². The summed E-state index contributed by atoms with van der Waals surface area (Å²) in [5.41, 5.74) is -0.522. The zero-order valence-electron chi connectivity index (χ0n) is 11.6. The Hall–Kier alpha value is -0.710. The fourth-order valence-electron chi connectivity index (χ4n) is 2.06. The first-order valence-electron chi connectivity index (χ1n) is 6.45. The summed E-state index contributed by atoms with van der Waals surface area (Å²) < 4.78 is 5.39. The predicted octanol–water partition coefficient (Wildman–Crippen LogP) is 2.03. The lowest BCUT2D eigenvalue weighted by Crippen LogP contribution is -2.45.